The highest BCUT2D eigenvalue weighted by molar-refractivity contribution is 5.80. The normalized spacial score (nSPS) is 34.4. The van der Waals surface area contributed by atoms with Gasteiger partial charge in [0.05, 0.1) is 5.92 Å². The van der Waals surface area contributed by atoms with Gasteiger partial charge in [-0.15, -0.1) is 0 Å². The number of likely N-dealkylation sites (tertiary alicyclic amines) is 3. The van der Waals surface area contributed by atoms with Crippen molar-refractivity contribution in [3.05, 3.63) is 0 Å². The van der Waals surface area contributed by atoms with Crippen LogP contribution in [0.25, 0.3) is 0 Å². The van der Waals surface area contributed by atoms with Gasteiger partial charge in [0.15, 0.2) is 0 Å². The molecular weight excluding hydrogens is 430 g/mol. The van der Waals surface area contributed by atoms with Crippen LogP contribution in [0.4, 0.5) is 4.79 Å². The zero-order valence-electron chi connectivity index (χ0n) is 21.8. The molecule has 4 rings (SSSR count). The van der Waals surface area contributed by atoms with Crippen LogP contribution in [-0.2, 0) is 4.79 Å². The molecule has 5 atom stereocenters. The summed E-state index contributed by atoms with van der Waals surface area (Å²) in [4.78, 5) is 32.1. The summed E-state index contributed by atoms with van der Waals surface area (Å²) in [7, 11) is 0. The van der Waals surface area contributed by atoms with Gasteiger partial charge >= 0.3 is 6.03 Å². The lowest BCUT2D eigenvalue weighted by Crippen LogP contribution is -2.46. The van der Waals surface area contributed by atoms with E-state index in [0.717, 1.165) is 45.4 Å². The molecule has 0 aromatic carbocycles. The molecule has 0 aromatic heterocycles. The van der Waals surface area contributed by atoms with Gasteiger partial charge in [-0.3, -0.25) is 14.6 Å². The van der Waals surface area contributed by atoms with E-state index < -0.39 is 0 Å². The van der Waals surface area contributed by atoms with Gasteiger partial charge in [0.2, 0.25) is 5.91 Å². The quantitative estimate of drug-likeness (QED) is 0.394. The Kier molecular flexibility index (Phi) is 7.22. The Morgan fingerprint density at radius 2 is 1.62 bits per heavy atom. The largest absolute Gasteiger partial charge is 0.341 e. The van der Waals surface area contributed by atoms with Gasteiger partial charge in [0.25, 0.3) is 0 Å². The summed E-state index contributed by atoms with van der Waals surface area (Å²) in [5.41, 5.74) is 12.5. The first kappa shape index (κ1) is 25.7. The zero-order valence-corrected chi connectivity index (χ0v) is 21.8. The molecule has 3 amide bonds. The molecule has 1 saturated carbocycles. The monoisotopic (exact) mass is 477 g/mol. The minimum atomic E-state index is -0.152. The first-order chi connectivity index (χ1) is 15.9. The van der Waals surface area contributed by atoms with Gasteiger partial charge in [0.1, 0.15) is 0 Å². The molecule has 6 N–H and O–H groups in total. The summed E-state index contributed by atoms with van der Waals surface area (Å²) in [6.07, 6.45) is 2.70. The summed E-state index contributed by atoms with van der Waals surface area (Å²) in [6.45, 7) is 16.8. The predicted molar refractivity (Wildman–Crippen MR) is 134 cm³/mol. The fourth-order valence-electron chi connectivity index (χ4n) is 6.18. The van der Waals surface area contributed by atoms with Crippen molar-refractivity contribution in [2.45, 2.75) is 83.1 Å². The minimum absolute atomic E-state index is 0.0443. The number of hydrogen-bond acceptors (Lipinski definition) is 6. The molecule has 2 unspecified atom stereocenters. The maximum atomic E-state index is 13.0. The number of piperidine rings is 1. The third-order valence-corrected chi connectivity index (χ3v) is 8.77. The number of fused-ring (bicyclic) bond motifs is 1. The average Bonchev–Trinajstić information content (AvgIpc) is 3.21. The van der Waals surface area contributed by atoms with Crippen LogP contribution >= 0.6 is 0 Å². The Hall–Kier alpha value is -1.42. The predicted octanol–water partition coefficient (Wildman–Crippen LogP) is 0.392. The van der Waals surface area contributed by atoms with Crippen LogP contribution in [0.3, 0.4) is 0 Å². The van der Waals surface area contributed by atoms with Crippen LogP contribution in [0, 0.1) is 17.8 Å². The third kappa shape index (κ3) is 5.53. The van der Waals surface area contributed by atoms with Crippen molar-refractivity contribution in [2.75, 3.05) is 45.8 Å². The molecule has 3 saturated heterocycles. The molecule has 0 bridgehead atoms. The Bertz CT molecular complexity index is 755. The molecule has 1 aliphatic carbocycles. The highest BCUT2D eigenvalue weighted by Crippen LogP contribution is 2.47. The molecule has 0 spiro atoms. The summed E-state index contributed by atoms with van der Waals surface area (Å²) in [5.74, 6) is 1.22. The van der Waals surface area contributed by atoms with Crippen molar-refractivity contribution in [3.63, 3.8) is 0 Å². The van der Waals surface area contributed by atoms with Crippen molar-refractivity contribution < 1.29 is 9.59 Å². The van der Waals surface area contributed by atoms with Crippen LogP contribution in [0.2, 0.25) is 0 Å². The molecule has 4 fully saturated rings. The second kappa shape index (κ2) is 9.56. The van der Waals surface area contributed by atoms with Gasteiger partial charge in [0, 0.05) is 75.0 Å². The number of hydrogen-bond donors (Lipinski definition) is 4. The number of nitrogens with zero attached hydrogens (tertiary/aromatic N) is 3. The van der Waals surface area contributed by atoms with Crippen LogP contribution in [0.1, 0.15) is 53.9 Å². The van der Waals surface area contributed by atoms with E-state index in [-0.39, 0.29) is 41.0 Å². The third-order valence-electron chi connectivity index (χ3n) is 8.77. The number of nitrogens with two attached hydrogens (primary N) is 2. The average molecular weight is 478 g/mol. The standard InChI is InChI=1S/C25H47N7O2/c1-24(2,3)31-12-17-18(13-31)21(17)29-23(34)28-9-6-8-25(4,5)32-14-19(20(27)15-32)22(33)30-10-7-16(26)11-30/h16-21H,6-15,26-27H2,1-5H3,(H2,28,29,34)/t16-,17?,18?,19-,20+,21?/m1/s1. The molecular formula is C25H47N7O2. The van der Waals surface area contributed by atoms with Crippen molar-refractivity contribution in [1.29, 1.82) is 0 Å². The van der Waals surface area contributed by atoms with E-state index in [0.29, 0.717) is 37.5 Å². The second-order valence-electron chi connectivity index (χ2n) is 12.8. The number of carbonyl (C=O) groups excluding carboxylic acids is 2. The summed E-state index contributed by atoms with van der Waals surface area (Å²) < 4.78 is 0. The van der Waals surface area contributed by atoms with E-state index in [4.69, 9.17) is 11.5 Å². The number of rotatable bonds is 7. The number of nitrogens with one attached hydrogen (secondary N) is 2. The van der Waals surface area contributed by atoms with Gasteiger partial charge < -0.3 is 27.0 Å². The first-order valence-electron chi connectivity index (χ1n) is 13.2. The van der Waals surface area contributed by atoms with E-state index in [2.05, 4.69) is 55.1 Å². The lowest BCUT2D eigenvalue weighted by atomic mass is 9.96. The van der Waals surface area contributed by atoms with Gasteiger partial charge in [-0.25, -0.2) is 4.79 Å². The molecule has 194 valence electrons. The lowest BCUT2D eigenvalue weighted by Gasteiger charge is -2.36. The maximum absolute atomic E-state index is 13.0. The van der Waals surface area contributed by atoms with E-state index >= 15 is 0 Å². The molecule has 0 aromatic rings. The topological polar surface area (TPSA) is 120 Å². The fourth-order valence-corrected chi connectivity index (χ4v) is 6.18. The Labute approximate surface area is 205 Å². The molecule has 4 aliphatic rings. The molecule has 9 heteroatoms. The summed E-state index contributed by atoms with van der Waals surface area (Å²) in [6, 6.07) is 0.245. The SMILES string of the molecule is CC(C)(C)N1CC2C(C1)C2NC(=O)NCCCC(C)(C)N1C[C@H](N)[C@H](C(=O)N2CC[C@@H](N)C2)C1. The Morgan fingerprint density at radius 1 is 0.941 bits per heavy atom. The van der Waals surface area contributed by atoms with Crippen molar-refractivity contribution in [3.8, 4) is 0 Å². The van der Waals surface area contributed by atoms with Crippen LogP contribution in [-0.4, -0.2) is 102 Å². The number of urea groups is 1. The number of carbonyl (C=O) groups is 2. The fraction of sp³-hybridized carbons (Fsp3) is 0.920. The highest BCUT2D eigenvalue weighted by Gasteiger charge is 2.57. The van der Waals surface area contributed by atoms with Crippen LogP contribution in [0.5, 0.6) is 0 Å². The summed E-state index contributed by atoms with van der Waals surface area (Å²) in [5, 5.41) is 6.23. The first-order valence-corrected chi connectivity index (χ1v) is 13.2. The minimum Gasteiger partial charge on any atom is -0.341 e. The molecule has 9 nitrogen and oxygen atoms in total. The van der Waals surface area contributed by atoms with Gasteiger partial charge in [-0.2, -0.15) is 0 Å². The smallest absolute Gasteiger partial charge is 0.315 e. The van der Waals surface area contributed by atoms with Crippen molar-refractivity contribution in [1.82, 2.24) is 25.3 Å². The van der Waals surface area contributed by atoms with E-state index in [1.807, 2.05) is 4.90 Å². The Balaban J connectivity index is 1.14. The van der Waals surface area contributed by atoms with E-state index in [9.17, 15) is 9.59 Å². The van der Waals surface area contributed by atoms with Gasteiger partial charge in [-0.05, 0) is 65.7 Å². The molecule has 3 aliphatic heterocycles. The maximum Gasteiger partial charge on any atom is 0.315 e. The van der Waals surface area contributed by atoms with Crippen molar-refractivity contribution >= 4 is 11.9 Å². The van der Waals surface area contributed by atoms with Crippen molar-refractivity contribution in [2.24, 2.45) is 29.2 Å². The molecule has 3 heterocycles. The molecule has 0 radical (unpaired) electrons. The Morgan fingerprint density at radius 3 is 2.21 bits per heavy atom. The number of amides is 3. The van der Waals surface area contributed by atoms with E-state index in [1.54, 1.807) is 0 Å². The van der Waals surface area contributed by atoms with Crippen LogP contribution in [0.15, 0.2) is 0 Å². The lowest BCUT2D eigenvalue weighted by molar-refractivity contribution is -0.134. The van der Waals surface area contributed by atoms with Gasteiger partial charge in [-0.1, -0.05) is 0 Å². The zero-order chi connectivity index (χ0) is 24.8. The molecule has 34 heavy (non-hydrogen) atoms. The highest BCUT2D eigenvalue weighted by atomic mass is 16.2. The summed E-state index contributed by atoms with van der Waals surface area (Å²) >= 11 is 0. The second-order valence-corrected chi connectivity index (χ2v) is 12.8. The van der Waals surface area contributed by atoms with E-state index in [1.165, 1.54) is 0 Å². The van der Waals surface area contributed by atoms with Crippen LogP contribution < -0.4 is 22.1 Å².